The molecule has 1 aromatic carbocycles. The Hall–Kier alpha value is -1.42. The molecule has 2 N–H and O–H groups in total. The van der Waals surface area contributed by atoms with Crippen LogP contribution < -0.4 is 11.0 Å². The SMILES string of the molecule is CCOP(=O)(OCC)c1cnc2c(N)cccc2c1. The molecule has 19 heavy (non-hydrogen) atoms. The molecule has 0 aliphatic carbocycles. The van der Waals surface area contributed by atoms with E-state index in [0.29, 0.717) is 29.7 Å². The molecule has 0 atom stereocenters. The van der Waals surface area contributed by atoms with Crippen molar-refractivity contribution in [3.63, 3.8) is 0 Å². The second kappa shape index (κ2) is 5.70. The monoisotopic (exact) mass is 280 g/mol. The Kier molecular flexibility index (Phi) is 4.20. The summed E-state index contributed by atoms with van der Waals surface area (Å²) in [6, 6.07) is 7.23. The predicted octanol–water partition coefficient (Wildman–Crippen LogP) is 2.71. The molecular weight excluding hydrogens is 263 g/mol. The largest absolute Gasteiger partial charge is 0.397 e. The normalized spacial score (nSPS) is 11.9. The summed E-state index contributed by atoms with van der Waals surface area (Å²) < 4.78 is 23.2. The number of pyridine rings is 1. The van der Waals surface area contributed by atoms with Crippen molar-refractivity contribution in [3.8, 4) is 0 Å². The van der Waals surface area contributed by atoms with Crippen LogP contribution >= 0.6 is 7.60 Å². The molecule has 1 aromatic heterocycles. The van der Waals surface area contributed by atoms with Crippen molar-refractivity contribution in [1.82, 2.24) is 4.98 Å². The van der Waals surface area contributed by atoms with Gasteiger partial charge in [-0.1, -0.05) is 12.1 Å². The van der Waals surface area contributed by atoms with Gasteiger partial charge in [0.25, 0.3) is 0 Å². The van der Waals surface area contributed by atoms with Crippen LogP contribution in [0.1, 0.15) is 13.8 Å². The number of benzene rings is 1. The maximum Gasteiger partial charge on any atom is 0.362 e. The van der Waals surface area contributed by atoms with Crippen LogP contribution in [0.2, 0.25) is 0 Å². The fourth-order valence-electron chi connectivity index (χ4n) is 1.85. The van der Waals surface area contributed by atoms with Crippen molar-refractivity contribution < 1.29 is 13.6 Å². The Morgan fingerprint density at radius 1 is 1.26 bits per heavy atom. The molecule has 6 heteroatoms. The van der Waals surface area contributed by atoms with Gasteiger partial charge >= 0.3 is 7.60 Å². The molecular formula is C13H17N2O3P. The van der Waals surface area contributed by atoms with Crippen LogP contribution in [-0.4, -0.2) is 18.2 Å². The zero-order valence-corrected chi connectivity index (χ0v) is 11.9. The Morgan fingerprint density at radius 3 is 2.58 bits per heavy atom. The lowest BCUT2D eigenvalue weighted by Gasteiger charge is -2.17. The number of rotatable bonds is 5. The second-order valence-corrected chi connectivity index (χ2v) is 5.97. The minimum absolute atomic E-state index is 0.312. The molecule has 0 aliphatic heterocycles. The third-order valence-electron chi connectivity index (χ3n) is 2.64. The molecule has 102 valence electrons. The van der Waals surface area contributed by atoms with E-state index in [2.05, 4.69) is 4.98 Å². The van der Waals surface area contributed by atoms with Crippen molar-refractivity contribution in [2.24, 2.45) is 0 Å². The van der Waals surface area contributed by atoms with Gasteiger partial charge in [-0.25, -0.2) is 0 Å². The lowest BCUT2D eigenvalue weighted by molar-refractivity contribution is 0.230. The van der Waals surface area contributed by atoms with E-state index in [9.17, 15) is 4.57 Å². The number of anilines is 1. The number of nitrogens with zero attached hydrogens (tertiary/aromatic N) is 1. The Labute approximate surface area is 112 Å². The fraction of sp³-hybridized carbons (Fsp3) is 0.308. The highest BCUT2D eigenvalue weighted by Crippen LogP contribution is 2.46. The van der Waals surface area contributed by atoms with E-state index in [1.165, 1.54) is 6.20 Å². The van der Waals surface area contributed by atoms with Gasteiger partial charge in [-0.05, 0) is 26.0 Å². The summed E-state index contributed by atoms with van der Waals surface area (Å²) in [4.78, 5) is 4.25. The molecule has 0 radical (unpaired) electrons. The number of hydrogen-bond acceptors (Lipinski definition) is 5. The molecule has 0 fully saturated rings. The van der Waals surface area contributed by atoms with Gasteiger partial charge in [-0.3, -0.25) is 9.55 Å². The van der Waals surface area contributed by atoms with Crippen LogP contribution in [0, 0.1) is 0 Å². The molecule has 0 saturated carbocycles. The maximum absolute atomic E-state index is 12.6. The average molecular weight is 280 g/mol. The summed E-state index contributed by atoms with van der Waals surface area (Å²) in [5, 5.41) is 1.27. The van der Waals surface area contributed by atoms with E-state index >= 15 is 0 Å². The van der Waals surface area contributed by atoms with Crippen molar-refractivity contribution in [2.45, 2.75) is 13.8 Å². The molecule has 0 aliphatic rings. The topological polar surface area (TPSA) is 74.4 Å². The molecule has 2 rings (SSSR count). The highest BCUT2D eigenvalue weighted by Gasteiger charge is 2.27. The molecule has 2 aromatic rings. The first-order valence-corrected chi connectivity index (χ1v) is 7.69. The van der Waals surface area contributed by atoms with Crippen LogP contribution in [0.25, 0.3) is 10.9 Å². The van der Waals surface area contributed by atoms with Crippen LogP contribution in [0.4, 0.5) is 5.69 Å². The first kappa shape index (κ1) is 14.0. The number of aromatic nitrogens is 1. The molecule has 0 unspecified atom stereocenters. The quantitative estimate of drug-likeness (QED) is 0.673. The number of nitrogens with two attached hydrogens (primary N) is 1. The van der Waals surface area contributed by atoms with E-state index in [0.717, 1.165) is 5.39 Å². The minimum Gasteiger partial charge on any atom is -0.397 e. The van der Waals surface area contributed by atoms with Crippen molar-refractivity contribution >= 4 is 29.5 Å². The molecule has 0 amide bonds. The molecule has 1 heterocycles. The van der Waals surface area contributed by atoms with E-state index in [4.69, 9.17) is 14.8 Å². The minimum atomic E-state index is -3.29. The van der Waals surface area contributed by atoms with Gasteiger partial charge in [0, 0.05) is 11.6 Å². The summed E-state index contributed by atoms with van der Waals surface area (Å²) in [5.74, 6) is 0. The summed E-state index contributed by atoms with van der Waals surface area (Å²) >= 11 is 0. The highest BCUT2D eigenvalue weighted by molar-refractivity contribution is 7.62. The second-order valence-electron chi connectivity index (χ2n) is 3.95. The van der Waals surface area contributed by atoms with Gasteiger partial charge in [-0.15, -0.1) is 0 Å². The summed E-state index contributed by atoms with van der Waals surface area (Å²) in [7, 11) is -3.29. The van der Waals surface area contributed by atoms with E-state index in [1.54, 1.807) is 26.0 Å². The number of hydrogen-bond donors (Lipinski definition) is 1. The standard InChI is InChI=1S/C13H17N2O3P/c1-3-17-19(16,18-4-2)11-8-10-6-5-7-12(14)13(10)15-9-11/h5-9H,3-4,14H2,1-2H3. The third kappa shape index (κ3) is 2.78. The van der Waals surface area contributed by atoms with Crippen LogP contribution in [0.3, 0.4) is 0 Å². The van der Waals surface area contributed by atoms with Crippen molar-refractivity contribution in [3.05, 3.63) is 30.5 Å². The summed E-state index contributed by atoms with van der Waals surface area (Å²) in [6.07, 6.45) is 1.50. The lowest BCUT2D eigenvalue weighted by Crippen LogP contribution is -2.11. The summed E-state index contributed by atoms with van der Waals surface area (Å²) in [5.41, 5.74) is 7.11. The zero-order chi connectivity index (χ0) is 13.9. The molecule has 5 nitrogen and oxygen atoms in total. The molecule has 0 spiro atoms. The number of para-hydroxylation sites is 1. The lowest BCUT2D eigenvalue weighted by atomic mass is 10.2. The fourth-order valence-corrected chi connectivity index (χ4v) is 3.40. The van der Waals surface area contributed by atoms with Gasteiger partial charge in [0.05, 0.1) is 29.7 Å². The van der Waals surface area contributed by atoms with Crippen LogP contribution in [0.15, 0.2) is 30.5 Å². The van der Waals surface area contributed by atoms with E-state index < -0.39 is 7.60 Å². The third-order valence-corrected chi connectivity index (χ3v) is 4.72. The summed E-state index contributed by atoms with van der Waals surface area (Å²) in [6.45, 7) is 4.18. The van der Waals surface area contributed by atoms with Gasteiger partial charge in [0.2, 0.25) is 0 Å². The molecule has 0 saturated heterocycles. The van der Waals surface area contributed by atoms with Crippen molar-refractivity contribution in [1.29, 1.82) is 0 Å². The highest BCUT2D eigenvalue weighted by atomic mass is 31.2. The van der Waals surface area contributed by atoms with Crippen LogP contribution in [0.5, 0.6) is 0 Å². The Bertz CT molecular complexity index is 620. The first-order chi connectivity index (χ1) is 9.10. The van der Waals surface area contributed by atoms with Gasteiger partial charge in [0.15, 0.2) is 0 Å². The Balaban J connectivity index is 2.52. The van der Waals surface area contributed by atoms with Gasteiger partial charge in [0.1, 0.15) is 0 Å². The van der Waals surface area contributed by atoms with E-state index in [1.807, 2.05) is 12.1 Å². The van der Waals surface area contributed by atoms with Gasteiger partial charge in [-0.2, -0.15) is 0 Å². The Morgan fingerprint density at radius 2 is 1.95 bits per heavy atom. The number of nitrogen functional groups attached to an aromatic ring is 1. The predicted molar refractivity (Wildman–Crippen MR) is 76.6 cm³/mol. The van der Waals surface area contributed by atoms with Crippen molar-refractivity contribution in [2.75, 3.05) is 18.9 Å². The first-order valence-electron chi connectivity index (χ1n) is 6.14. The zero-order valence-electron chi connectivity index (χ0n) is 11.0. The average Bonchev–Trinajstić information content (AvgIpc) is 2.39. The number of fused-ring (bicyclic) bond motifs is 1. The smallest absolute Gasteiger partial charge is 0.362 e. The maximum atomic E-state index is 12.6. The molecule has 0 bridgehead atoms. The van der Waals surface area contributed by atoms with E-state index in [-0.39, 0.29) is 0 Å². The van der Waals surface area contributed by atoms with Gasteiger partial charge < -0.3 is 14.8 Å². The van der Waals surface area contributed by atoms with Crippen LogP contribution in [-0.2, 0) is 13.6 Å².